The van der Waals surface area contributed by atoms with Crippen LogP contribution < -0.4 is 14.5 Å². The highest BCUT2D eigenvalue weighted by atomic mass is 16.5. The van der Waals surface area contributed by atoms with Crippen LogP contribution in [0.25, 0.3) is 72.1 Å². The number of aromatic nitrogens is 2. The maximum atomic E-state index is 9.47. The summed E-state index contributed by atoms with van der Waals surface area (Å²) >= 11 is 0. The Morgan fingerprint density at radius 3 is 1.93 bits per heavy atom. The molecule has 12 rings (SSSR count). The molecule has 0 fully saturated rings. The number of rotatable bonds is 9. The van der Waals surface area contributed by atoms with Gasteiger partial charge in [-0.3, -0.25) is 4.57 Å². The Labute approximate surface area is 418 Å². The maximum Gasteiger partial charge on any atom is 0.137 e. The van der Waals surface area contributed by atoms with Gasteiger partial charge in [-0.15, -0.1) is 0 Å². The number of fused-ring (bicyclic) bond motifs is 4. The lowest BCUT2D eigenvalue weighted by molar-refractivity contribution is 0.483. The lowest BCUT2D eigenvalue weighted by Crippen LogP contribution is -2.25. The van der Waals surface area contributed by atoms with E-state index >= 15 is 0 Å². The zero-order valence-corrected chi connectivity index (χ0v) is 39.1. The summed E-state index contributed by atoms with van der Waals surface area (Å²) in [4.78, 5) is 9.23. The standard InChI is InChI=1S/C65H52N4O/c1-44-38-63(66-42-58(44)46-20-9-6-10-21-46)69-59-29-12-11-26-56(59)57-37-36-53(41-62(57)69)70-52-25-16-24-51(40-52)67-43-68(61-31-14-13-30-60(61)67)64-54(47-32-34-50(35-33-47)65(2,3)4)27-17-28-55(64)49-23-15-22-48(39-49)45-18-7-5-8-19-45/h5-42H,43H2,1-4H3/i1D3,16D,24D,25D. The van der Waals surface area contributed by atoms with Gasteiger partial charge in [0.05, 0.1) is 32.2 Å². The van der Waals surface area contributed by atoms with Crippen LogP contribution in [0.1, 0.15) is 40.1 Å². The van der Waals surface area contributed by atoms with E-state index in [1.807, 2.05) is 107 Å². The van der Waals surface area contributed by atoms with E-state index in [4.69, 9.17) is 13.8 Å². The lowest BCUT2D eigenvalue weighted by atomic mass is 9.85. The Balaban J connectivity index is 0.963. The van der Waals surface area contributed by atoms with Gasteiger partial charge in [0.15, 0.2) is 0 Å². The van der Waals surface area contributed by atoms with E-state index in [1.165, 1.54) is 5.56 Å². The zero-order chi connectivity index (χ0) is 52.5. The van der Waals surface area contributed by atoms with Crippen molar-refractivity contribution in [3.05, 3.63) is 242 Å². The van der Waals surface area contributed by atoms with Crippen molar-refractivity contribution < 1.29 is 13.0 Å². The molecule has 338 valence electrons. The summed E-state index contributed by atoms with van der Waals surface area (Å²) < 4.78 is 62.3. The second-order valence-corrected chi connectivity index (χ2v) is 18.8. The van der Waals surface area contributed by atoms with Crippen molar-refractivity contribution in [1.82, 2.24) is 9.55 Å². The van der Waals surface area contributed by atoms with Crippen LogP contribution in [-0.4, -0.2) is 16.2 Å². The Morgan fingerprint density at radius 1 is 0.514 bits per heavy atom. The lowest BCUT2D eigenvalue weighted by Gasteiger charge is -2.28. The van der Waals surface area contributed by atoms with Crippen LogP contribution in [0.4, 0.5) is 22.7 Å². The highest BCUT2D eigenvalue weighted by Crippen LogP contribution is 2.51. The number of ether oxygens (including phenoxy) is 1. The van der Waals surface area contributed by atoms with E-state index in [2.05, 4.69) is 123 Å². The summed E-state index contributed by atoms with van der Waals surface area (Å²) in [5, 5.41) is 1.84. The Bertz CT molecular complexity index is 4020. The molecule has 5 heteroatoms. The predicted octanol–water partition coefficient (Wildman–Crippen LogP) is 17.5. The summed E-state index contributed by atoms with van der Waals surface area (Å²) in [5.74, 6) is 0.932. The van der Waals surface area contributed by atoms with E-state index < -0.39 is 6.85 Å². The van der Waals surface area contributed by atoms with Crippen LogP contribution in [0.3, 0.4) is 0 Å². The molecule has 1 aliphatic heterocycles. The first kappa shape index (κ1) is 36.4. The van der Waals surface area contributed by atoms with Gasteiger partial charge < -0.3 is 14.5 Å². The molecule has 70 heavy (non-hydrogen) atoms. The van der Waals surface area contributed by atoms with Crippen LogP contribution in [0.2, 0.25) is 0 Å². The molecular weight excluding hydrogens is 853 g/mol. The quantitative estimate of drug-likeness (QED) is 0.144. The number of aryl methyl sites for hydroxylation is 1. The number of hydrogen-bond donors (Lipinski definition) is 0. The summed E-state index contributed by atoms with van der Waals surface area (Å²) in [7, 11) is 0. The highest BCUT2D eigenvalue weighted by Gasteiger charge is 2.32. The minimum absolute atomic E-state index is 0.0231. The molecular formula is C65H52N4O. The summed E-state index contributed by atoms with van der Waals surface area (Å²) in [6.07, 6.45) is 1.63. The van der Waals surface area contributed by atoms with Crippen molar-refractivity contribution in [2.24, 2.45) is 0 Å². The van der Waals surface area contributed by atoms with Crippen LogP contribution in [0, 0.1) is 6.85 Å². The number of hydrogen-bond acceptors (Lipinski definition) is 4. The fraction of sp³-hybridized carbons (Fsp3) is 0.0923. The predicted molar refractivity (Wildman–Crippen MR) is 292 cm³/mol. The molecule has 1 aliphatic rings. The average molecular weight is 911 g/mol. The molecule has 9 aromatic carbocycles. The molecule has 0 atom stereocenters. The van der Waals surface area contributed by atoms with Gasteiger partial charge in [-0.1, -0.05) is 178 Å². The molecule has 3 heterocycles. The largest absolute Gasteiger partial charge is 0.457 e. The third kappa shape index (κ3) is 7.76. The molecule has 0 N–H and O–H groups in total. The van der Waals surface area contributed by atoms with E-state index in [-0.39, 0.29) is 34.9 Å². The van der Waals surface area contributed by atoms with Crippen molar-refractivity contribution in [2.75, 3.05) is 16.5 Å². The third-order valence-electron chi connectivity index (χ3n) is 13.4. The second kappa shape index (κ2) is 17.4. The SMILES string of the molecule is [2H]c1c(Oc2ccc3c4ccccc4n(-c4cc(C([2H])([2H])[2H])c(-c5ccccc5)cn4)c3c2)cc(N2CN(c3c(-c4ccc(C(C)(C)C)cc4)cccc3-c3cccc(-c4ccccc4)c3)c3ccccc32)c([2H])c1[2H]. The number of benzene rings is 9. The fourth-order valence-electron chi connectivity index (χ4n) is 9.91. The molecule has 0 aliphatic carbocycles. The normalized spacial score (nSPS) is 13.9. The average Bonchev–Trinajstić information content (AvgIpc) is 4.03. The first-order chi connectivity index (χ1) is 36.7. The molecule has 0 saturated heterocycles. The Hall–Kier alpha value is -8.67. The fourth-order valence-corrected chi connectivity index (χ4v) is 9.91. The smallest absolute Gasteiger partial charge is 0.137 e. The van der Waals surface area contributed by atoms with Gasteiger partial charge in [-0.05, 0) is 106 Å². The van der Waals surface area contributed by atoms with Gasteiger partial charge >= 0.3 is 0 Å². The van der Waals surface area contributed by atoms with E-state index in [9.17, 15) is 4.11 Å². The van der Waals surface area contributed by atoms with Gasteiger partial charge in [-0.2, -0.15) is 0 Å². The first-order valence-electron chi connectivity index (χ1n) is 26.6. The van der Waals surface area contributed by atoms with Crippen molar-refractivity contribution in [3.8, 4) is 61.8 Å². The van der Waals surface area contributed by atoms with E-state index in [0.29, 0.717) is 35.0 Å². The van der Waals surface area contributed by atoms with Crippen LogP contribution in [0.5, 0.6) is 11.5 Å². The number of anilines is 4. The molecule has 11 aromatic rings. The topological polar surface area (TPSA) is 33.5 Å². The molecule has 5 nitrogen and oxygen atoms in total. The molecule has 0 bridgehead atoms. The van der Waals surface area contributed by atoms with E-state index in [1.54, 1.807) is 18.3 Å². The zero-order valence-electron chi connectivity index (χ0n) is 45.1. The molecule has 0 saturated carbocycles. The maximum absolute atomic E-state index is 9.47. The van der Waals surface area contributed by atoms with Crippen molar-refractivity contribution in [1.29, 1.82) is 0 Å². The third-order valence-corrected chi connectivity index (χ3v) is 13.4. The molecule has 0 spiro atoms. The summed E-state index contributed by atoms with van der Waals surface area (Å²) in [6.45, 7) is 4.53. The van der Waals surface area contributed by atoms with Gasteiger partial charge in [-0.25, -0.2) is 4.98 Å². The van der Waals surface area contributed by atoms with Crippen LogP contribution in [0.15, 0.2) is 231 Å². The van der Waals surface area contributed by atoms with Gasteiger partial charge in [0, 0.05) is 55.6 Å². The Kier molecular flexibility index (Phi) is 9.07. The van der Waals surface area contributed by atoms with Crippen LogP contribution >= 0.6 is 0 Å². The van der Waals surface area contributed by atoms with Gasteiger partial charge in [0.2, 0.25) is 0 Å². The molecule has 0 radical (unpaired) electrons. The summed E-state index contributed by atoms with van der Waals surface area (Å²) in [5.41, 5.74) is 13.8. The molecule has 0 unspecified atom stereocenters. The number of pyridine rings is 1. The van der Waals surface area contributed by atoms with Crippen molar-refractivity contribution in [3.63, 3.8) is 0 Å². The Morgan fingerprint density at radius 2 is 1.16 bits per heavy atom. The second-order valence-electron chi connectivity index (χ2n) is 18.8. The molecule has 2 aromatic heterocycles. The van der Waals surface area contributed by atoms with Gasteiger partial charge in [0.25, 0.3) is 0 Å². The minimum atomic E-state index is -2.43. The summed E-state index contributed by atoms with van der Waals surface area (Å²) in [6, 6.07) is 68.2. The number of para-hydroxylation sites is 4. The van der Waals surface area contributed by atoms with Crippen molar-refractivity contribution in [2.45, 2.75) is 33.0 Å². The van der Waals surface area contributed by atoms with Crippen LogP contribution in [-0.2, 0) is 5.41 Å². The molecule has 0 amide bonds. The first-order valence-corrected chi connectivity index (χ1v) is 23.6. The highest BCUT2D eigenvalue weighted by molar-refractivity contribution is 6.09. The number of nitrogens with zero attached hydrogens (tertiary/aromatic N) is 4. The monoisotopic (exact) mass is 910 g/mol. The van der Waals surface area contributed by atoms with Crippen molar-refractivity contribution >= 4 is 44.6 Å². The van der Waals surface area contributed by atoms with Gasteiger partial charge in [0.1, 0.15) is 24.0 Å². The minimum Gasteiger partial charge on any atom is -0.457 e. The van der Waals surface area contributed by atoms with E-state index in [0.717, 1.165) is 72.3 Å².